The van der Waals surface area contributed by atoms with Crippen molar-refractivity contribution in [1.29, 1.82) is 0 Å². The van der Waals surface area contributed by atoms with Crippen LogP contribution in [0.25, 0.3) is 0 Å². The van der Waals surface area contributed by atoms with Gasteiger partial charge in [-0.05, 0) is 17.8 Å². The summed E-state index contributed by atoms with van der Waals surface area (Å²) in [5, 5.41) is 0. The Kier molecular flexibility index (Phi) is 1.18. The summed E-state index contributed by atoms with van der Waals surface area (Å²) in [6.45, 7) is 6.67. The summed E-state index contributed by atoms with van der Waals surface area (Å²) in [6, 6.07) is 0. The van der Waals surface area contributed by atoms with Crippen LogP contribution < -0.4 is 0 Å². The maximum absolute atomic E-state index is 2.35. The molecule has 1 radical (unpaired) electrons. The molecule has 1 aliphatic carbocycles. The minimum atomic E-state index is 0.361. The molecule has 0 heterocycles. The molecular weight excluding hydrogens is 96.1 g/mol. The molecule has 1 unspecified atom stereocenters. The van der Waals surface area contributed by atoms with Gasteiger partial charge in [-0.3, -0.25) is 0 Å². The van der Waals surface area contributed by atoms with Crippen LogP contribution in [0.2, 0.25) is 0 Å². The molecule has 0 heteroatoms. The van der Waals surface area contributed by atoms with Crippen molar-refractivity contribution < 1.29 is 0 Å². The Hall–Kier alpha value is -0.260. The lowest BCUT2D eigenvalue weighted by Crippen LogP contribution is -2.04. The van der Waals surface area contributed by atoms with E-state index in [1.165, 1.54) is 0 Å². The first-order valence-corrected chi connectivity index (χ1v) is 3.15. The van der Waals surface area contributed by atoms with Gasteiger partial charge < -0.3 is 0 Å². The van der Waals surface area contributed by atoms with E-state index in [2.05, 4.69) is 39.3 Å². The highest BCUT2D eigenvalue weighted by atomic mass is 14.3. The molecule has 0 aliphatic heterocycles. The fraction of sp³-hybridized carbons (Fsp3) is 0.625. The van der Waals surface area contributed by atoms with Crippen LogP contribution in [0.1, 0.15) is 20.8 Å². The van der Waals surface area contributed by atoms with Crippen LogP contribution in [0.3, 0.4) is 0 Å². The third-order valence-corrected chi connectivity index (χ3v) is 1.52. The van der Waals surface area contributed by atoms with Crippen molar-refractivity contribution in [3.8, 4) is 0 Å². The molecule has 0 saturated heterocycles. The van der Waals surface area contributed by atoms with E-state index in [9.17, 15) is 0 Å². The molecule has 1 atom stereocenters. The molecule has 0 bridgehead atoms. The lowest BCUT2D eigenvalue weighted by molar-refractivity contribution is 0.552. The highest BCUT2D eigenvalue weighted by molar-refractivity contribution is 5.15. The van der Waals surface area contributed by atoms with Crippen molar-refractivity contribution in [3.05, 3.63) is 18.6 Å². The van der Waals surface area contributed by atoms with Gasteiger partial charge in [0.15, 0.2) is 0 Å². The molecule has 0 fully saturated rings. The summed E-state index contributed by atoms with van der Waals surface area (Å²) in [5.41, 5.74) is 0.361. The molecule has 0 saturated carbocycles. The zero-order valence-electron chi connectivity index (χ0n) is 5.81. The third-order valence-electron chi connectivity index (χ3n) is 1.52. The summed E-state index contributed by atoms with van der Waals surface area (Å²) < 4.78 is 0. The molecule has 0 aromatic carbocycles. The van der Waals surface area contributed by atoms with Gasteiger partial charge in [0.25, 0.3) is 0 Å². The fourth-order valence-corrected chi connectivity index (χ4v) is 1.19. The first-order valence-electron chi connectivity index (χ1n) is 3.15. The van der Waals surface area contributed by atoms with E-state index in [4.69, 9.17) is 0 Å². The summed E-state index contributed by atoms with van der Waals surface area (Å²) in [6.07, 6.45) is 6.87. The van der Waals surface area contributed by atoms with Gasteiger partial charge in [-0.25, -0.2) is 0 Å². The van der Waals surface area contributed by atoms with Gasteiger partial charge in [-0.1, -0.05) is 32.9 Å². The van der Waals surface area contributed by atoms with E-state index in [1.54, 1.807) is 0 Å². The molecule has 8 heavy (non-hydrogen) atoms. The van der Waals surface area contributed by atoms with Crippen LogP contribution in [0.15, 0.2) is 12.2 Å². The van der Waals surface area contributed by atoms with Crippen LogP contribution in [-0.4, -0.2) is 0 Å². The van der Waals surface area contributed by atoms with Crippen molar-refractivity contribution in [1.82, 2.24) is 0 Å². The molecule has 0 amide bonds. The minimum Gasteiger partial charge on any atom is -0.0848 e. The van der Waals surface area contributed by atoms with E-state index in [0.717, 1.165) is 0 Å². The average Bonchev–Trinajstić information content (AvgIpc) is 1.82. The summed E-state index contributed by atoms with van der Waals surface area (Å²) >= 11 is 0. The Morgan fingerprint density at radius 2 is 2.00 bits per heavy atom. The predicted molar refractivity (Wildman–Crippen MR) is 36.4 cm³/mol. The Balaban J connectivity index is 2.58. The van der Waals surface area contributed by atoms with Gasteiger partial charge in [-0.2, -0.15) is 0 Å². The van der Waals surface area contributed by atoms with Gasteiger partial charge >= 0.3 is 0 Å². The van der Waals surface area contributed by atoms with Gasteiger partial charge in [0.05, 0.1) is 0 Å². The first kappa shape index (κ1) is 5.87. The smallest absolute Gasteiger partial charge is 0.0138 e. The second-order valence-corrected chi connectivity index (χ2v) is 3.21. The molecular formula is C8H13. The van der Waals surface area contributed by atoms with Crippen LogP contribution in [0, 0.1) is 17.8 Å². The van der Waals surface area contributed by atoms with Gasteiger partial charge in [0.1, 0.15) is 0 Å². The minimum absolute atomic E-state index is 0.361. The van der Waals surface area contributed by atoms with Crippen LogP contribution in [-0.2, 0) is 0 Å². The maximum Gasteiger partial charge on any atom is -0.0138 e. The molecule has 0 aromatic rings. The van der Waals surface area contributed by atoms with Gasteiger partial charge in [0, 0.05) is 0 Å². The summed E-state index contributed by atoms with van der Waals surface area (Å²) in [7, 11) is 0. The zero-order chi connectivity index (χ0) is 6.20. The van der Waals surface area contributed by atoms with E-state index in [0.29, 0.717) is 11.3 Å². The van der Waals surface area contributed by atoms with Crippen LogP contribution in [0.4, 0.5) is 0 Å². The zero-order valence-corrected chi connectivity index (χ0v) is 5.81. The number of allylic oxidation sites excluding steroid dienone is 2. The second kappa shape index (κ2) is 1.61. The van der Waals surface area contributed by atoms with Crippen LogP contribution >= 0.6 is 0 Å². The number of hydrogen-bond donors (Lipinski definition) is 0. The van der Waals surface area contributed by atoms with Crippen LogP contribution in [0.5, 0.6) is 0 Å². The van der Waals surface area contributed by atoms with Gasteiger partial charge in [0.2, 0.25) is 0 Å². The highest BCUT2D eigenvalue weighted by Crippen LogP contribution is 2.32. The third kappa shape index (κ3) is 1.12. The monoisotopic (exact) mass is 109 g/mol. The first-order chi connectivity index (χ1) is 3.60. The lowest BCUT2D eigenvalue weighted by atomic mass is 9.91. The standard InChI is InChI=1S/C8H13/c1-7-4-5-8(2,3)6-7/h4-7H,1-3H3. The fourth-order valence-electron chi connectivity index (χ4n) is 1.19. The molecule has 0 spiro atoms. The largest absolute Gasteiger partial charge is 0.0848 e. The van der Waals surface area contributed by atoms with Crippen molar-refractivity contribution in [2.75, 3.05) is 0 Å². The normalized spacial score (nSPS) is 33.6. The number of hydrogen-bond acceptors (Lipinski definition) is 0. The van der Waals surface area contributed by atoms with Crippen molar-refractivity contribution in [2.24, 2.45) is 11.3 Å². The summed E-state index contributed by atoms with van der Waals surface area (Å²) in [4.78, 5) is 0. The molecule has 1 rings (SSSR count). The van der Waals surface area contributed by atoms with Crippen molar-refractivity contribution in [3.63, 3.8) is 0 Å². The number of rotatable bonds is 0. The van der Waals surface area contributed by atoms with E-state index >= 15 is 0 Å². The Morgan fingerprint density at radius 1 is 1.38 bits per heavy atom. The maximum atomic E-state index is 2.35. The Bertz CT molecular complexity index is 109. The van der Waals surface area contributed by atoms with Crippen molar-refractivity contribution >= 4 is 0 Å². The molecule has 0 nitrogen and oxygen atoms in total. The Morgan fingerprint density at radius 3 is 2.12 bits per heavy atom. The predicted octanol–water partition coefficient (Wildman–Crippen LogP) is 2.42. The van der Waals surface area contributed by atoms with E-state index < -0.39 is 0 Å². The topological polar surface area (TPSA) is 0 Å². The van der Waals surface area contributed by atoms with Crippen molar-refractivity contribution in [2.45, 2.75) is 20.8 Å². The summed E-state index contributed by atoms with van der Waals surface area (Å²) in [5.74, 6) is 0.685. The van der Waals surface area contributed by atoms with E-state index in [-0.39, 0.29) is 0 Å². The molecule has 1 aliphatic rings. The lowest BCUT2D eigenvalue weighted by Gasteiger charge is -2.13. The molecule has 0 aromatic heterocycles. The van der Waals surface area contributed by atoms with E-state index in [1.807, 2.05) is 0 Å². The molecule has 45 valence electrons. The SMILES string of the molecule is CC1[CH]C(C)(C)C=C1. The second-order valence-electron chi connectivity index (χ2n) is 3.21. The quantitative estimate of drug-likeness (QED) is 0.419. The average molecular weight is 109 g/mol. The molecule has 0 N–H and O–H groups in total. The Labute approximate surface area is 51.6 Å². The highest BCUT2D eigenvalue weighted by Gasteiger charge is 2.21. The van der Waals surface area contributed by atoms with Gasteiger partial charge in [-0.15, -0.1) is 0 Å².